The van der Waals surface area contributed by atoms with Gasteiger partial charge in [-0.25, -0.2) is 8.42 Å². The molecule has 18 heavy (non-hydrogen) atoms. The molecule has 1 aromatic rings. The van der Waals surface area contributed by atoms with Crippen LogP contribution < -0.4 is 4.87 Å². The molecule has 1 aliphatic heterocycles. The van der Waals surface area contributed by atoms with Gasteiger partial charge >= 0.3 is 4.87 Å². The van der Waals surface area contributed by atoms with E-state index in [1.807, 2.05) is 0 Å². The van der Waals surface area contributed by atoms with E-state index in [9.17, 15) is 13.2 Å². The number of nitrogens with one attached hydrogen (secondary N) is 1. The van der Waals surface area contributed by atoms with Crippen molar-refractivity contribution in [3.63, 3.8) is 0 Å². The molecule has 1 aromatic heterocycles. The van der Waals surface area contributed by atoms with E-state index in [4.69, 9.17) is 0 Å². The molecule has 0 radical (unpaired) electrons. The minimum atomic E-state index is -3.47. The van der Waals surface area contributed by atoms with E-state index in [0.29, 0.717) is 30.6 Å². The molecule has 1 N–H and O–H groups in total. The maximum Gasteiger partial charge on any atom is 0.305 e. The number of H-pyrrole nitrogens is 1. The molecule has 7 heteroatoms. The van der Waals surface area contributed by atoms with Crippen molar-refractivity contribution >= 4 is 21.4 Å². The summed E-state index contributed by atoms with van der Waals surface area (Å²) in [5, 5.41) is 0. The summed E-state index contributed by atoms with van der Waals surface area (Å²) in [6.45, 7) is 2.89. The van der Waals surface area contributed by atoms with Crippen molar-refractivity contribution in [3.05, 3.63) is 15.4 Å². The van der Waals surface area contributed by atoms with Crippen LogP contribution in [0.3, 0.4) is 0 Å². The van der Waals surface area contributed by atoms with Gasteiger partial charge in [-0.2, -0.15) is 4.31 Å². The van der Waals surface area contributed by atoms with Crippen molar-refractivity contribution in [1.82, 2.24) is 9.29 Å². The van der Waals surface area contributed by atoms with Crippen LogP contribution in [0.5, 0.6) is 0 Å². The molecule has 0 aromatic carbocycles. The number of hydrogen-bond donors (Lipinski definition) is 1. The SMILES string of the molecule is Cc1[nH]c(=O)sc1S(=O)(=O)N1CC2CCCC2C1. The third kappa shape index (κ3) is 1.85. The van der Waals surface area contributed by atoms with Gasteiger partial charge in [0.05, 0.1) is 0 Å². The molecule has 1 aliphatic carbocycles. The molecule has 1 saturated carbocycles. The topological polar surface area (TPSA) is 70.2 Å². The van der Waals surface area contributed by atoms with Crippen LogP contribution in [0.2, 0.25) is 0 Å². The molecule has 0 spiro atoms. The molecule has 0 bridgehead atoms. The molecule has 1 saturated heterocycles. The Kier molecular flexibility index (Phi) is 2.87. The Bertz CT molecular complexity index is 604. The van der Waals surface area contributed by atoms with Crippen LogP contribution in [0.1, 0.15) is 25.0 Å². The van der Waals surface area contributed by atoms with Crippen molar-refractivity contribution < 1.29 is 8.42 Å². The normalized spacial score (nSPS) is 28.7. The Hall–Kier alpha value is -0.660. The zero-order valence-electron chi connectivity index (χ0n) is 10.2. The highest BCUT2D eigenvalue weighted by molar-refractivity contribution is 7.91. The van der Waals surface area contributed by atoms with Gasteiger partial charge in [0.25, 0.3) is 10.0 Å². The molecular formula is C11H16N2O3S2. The van der Waals surface area contributed by atoms with Gasteiger partial charge in [-0.1, -0.05) is 17.8 Å². The molecule has 100 valence electrons. The summed E-state index contributed by atoms with van der Waals surface area (Å²) in [6, 6.07) is 0. The first-order chi connectivity index (χ1) is 8.48. The van der Waals surface area contributed by atoms with E-state index >= 15 is 0 Å². The summed E-state index contributed by atoms with van der Waals surface area (Å²) in [5.74, 6) is 1.05. The van der Waals surface area contributed by atoms with Gasteiger partial charge in [-0.3, -0.25) is 4.79 Å². The van der Waals surface area contributed by atoms with Gasteiger partial charge in [0.15, 0.2) is 4.21 Å². The van der Waals surface area contributed by atoms with E-state index in [1.54, 1.807) is 11.2 Å². The summed E-state index contributed by atoms with van der Waals surface area (Å²) in [5.41, 5.74) is 0.460. The van der Waals surface area contributed by atoms with Gasteiger partial charge in [0.2, 0.25) is 0 Å². The summed E-state index contributed by atoms with van der Waals surface area (Å²) < 4.78 is 26.7. The first-order valence-corrected chi connectivity index (χ1v) is 8.44. The van der Waals surface area contributed by atoms with E-state index in [2.05, 4.69) is 4.98 Å². The fourth-order valence-corrected chi connectivity index (χ4v) is 6.13. The smallest absolute Gasteiger partial charge is 0.305 e. The van der Waals surface area contributed by atoms with Crippen LogP contribution >= 0.6 is 11.3 Å². The predicted octanol–water partition coefficient (Wildman–Crippen LogP) is 1.17. The lowest BCUT2D eigenvalue weighted by molar-refractivity contribution is 0.446. The molecule has 0 amide bonds. The number of aromatic nitrogens is 1. The molecule has 3 rings (SSSR count). The summed E-state index contributed by atoms with van der Waals surface area (Å²) in [6.07, 6.45) is 3.50. The zero-order chi connectivity index (χ0) is 12.9. The van der Waals surface area contributed by atoms with Crippen LogP contribution in [0.4, 0.5) is 0 Å². The van der Waals surface area contributed by atoms with Crippen molar-refractivity contribution in [2.45, 2.75) is 30.4 Å². The monoisotopic (exact) mass is 288 g/mol. The lowest BCUT2D eigenvalue weighted by Gasteiger charge is -2.16. The quantitative estimate of drug-likeness (QED) is 0.888. The molecule has 2 heterocycles. The number of nitrogens with zero attached hydrogens (tertiary/aromatic N) is 1. The van der Waals surface area contributed by atoms with E-state index in [-0.39, 0.29) is 9.08 Å². The van der Waals surface area contributed by atoms with Crippen LogP contribution in [0.25, 0.3) is 0 Å². The minimum absolute atomic E-state index is 0.187. The standard InChI is InChI=1S/C11H16N2O3S2/c1-7-10(17-11(14)12-7)18(15,16)13-5-8-3-2-4-9(8)6-13/h8-9H,2-6H2,1H3,(H,12,14). The Morgan fingerprint density at radius 2 is 1.89 bits per heavy atom. The molecule has 5 nitrogen and oxygen atoms in total. The van der Waals surface area contributed by atoms with Gasteiger partial charge in [-0.15, -0.1) is 0 Å². The predicted molar refractivity (Wildman–Crippen MR) is 69.3 cm³/mol. The summed E-state index contributed by atoms with van der Waals surface area (Å²) >= 11 is 0.795. The van der Waals surface area contributed by atoms with Crippen LogP contribution in [0.15, 0.2) is 9.00 Å². The number of fused-ring (bicyclic) bond motifs is 1. The Morgan fingerprint density at radius 1 is 1.28 bits per heavy atom. The van der Waals surface area contributed by atoms with Gasteiger partial charge in [-0.05, 0) is 31.6 Å². The third-order valence-electron chi connectivity index (χ3n) is 4.05. The van der Waals surface area contributed by atoms with Crippen LogP contribution in [-0.4, -0.2) is 30.8 Å². The molecule has 2 aliphatic rings. The maximum absolute atomic E-state index is 12.5. The highest BCUT2D eigenvalue weighted by Gasteiger charge is 2.42. The second-order valence-electron chi connectivity index (χ2n) is 5.20. The highest BCUT2D eigenvalue weighted by atomic mass is 32.2. The Morgan fingerprint density at radius 3 is 2.39 bits per heavy atom. The molecule has 2 fully saturated rings. The summed E-state index contributed by atoms with van der Waals surface area (Å²) in [7, 11) is -3.47. The third-order valence-corrected chi connectivity index (χ3v) is 7.46. The van der Waals surface area contributed by atoms with Gasteiger partial charge in [0.1, 0.15) is 0 Å². The first kappa shape index (κ1) is 12.4. The first-order valence-electron chi connectivity index (χ1n) is 6.18. The lowest BCUT2D eigenvalue weighted by atomic mass is 10.0. The molecule has 2 unspecified atom stereocenters. The second-order valence-corrected chi connectivity index (χ2v) is 8.32. The number of hydrogen-bond acceptors (Lipinski definition) is 4. The number of thiazole rings is 1. The van der Waals surface area contributed by atoms with Crippen LogP contribution in [-0.2, 0) is 10.0 Å². The van der Waals surface area contributed by atoms with Crippen LogP contribution in [0, 0.1) is 18.8 Å². The second kappa shape index (κ2) is 4.18. The van der Waals surface area contributed by atoms with Crippen molar-refractivity contribution in [3.8, 4) is 0 Å². The fourth-order valence-electron chi connectivity index (χ4n) is 3.14. The molecular weight excluding hydrogens is 272 g/mol. The van der Waals surface area contributed by atoms with Gasteiger partial charge < -0.3 is 4.98 Å². The number of aromatic amines is 1. The maximum atomic E-state index is 12.5. The van der Waals surface area contributed by atoms with Gasteiger partial charge in [0, 0.05) is 18.8 Å². The van der Waals surface area contributed by atoms with Crippen molar-refractivity contribution in [1.29, 1.82) is 0 Å². The number of aryl methyl sites for hydroxylation is 1. The van der Waals surface area contributed by atoms with Crippen molar-refractivity contribution in [2.24, 2.45) is 11.8 Å². The Labute approximate surface area is 110 Å². The largest absolute Gasteiger partial charge is 0.315 e. The number of rotatable bonds is 2. The zero-order valence-corrected chi connectivity index (χ0v) is 11.8. The fraction of sp³-hybridized carbons (Fsp3) is 0.727. The van der Waals surface area contributed by atoms with Crippen molar-refractivity contribution in [2.75, 3.05) is 13.1 Å². The molecule has 2 atom stereocenters. The summed E-state index contributed by atoms with van der Waals surface area (Å²) in [4.78, 5) is 13.5. The average molecular weight is 288 g/mol. The van der Waals surface area contributed by atoms with E-state index in [0.717, 1.165) is 24.2 Å². The van der Waals surface area contributed by atoms with E-state index in [1.165, 1.54) is 6.42 Å². The van der Waals surface area contributed by atoms with E-state index < -0.39 is 10.0 Å². The highest BCUT2D eigenvalue weighted by Crippen LogP contribution is 2.40. The minimum Gasteiger partial charge on any atom is -0.315 e. The Balaban J connectivity index is 1.92. The number of sulfonamides is 1. The lowest BCUT2D eigenvalue weighted by Crippen LogP contribution is -2.29. The average Bonchev–Trinajstić information content (AvgIpc) is 2.90.